The monoisotopic (exact) mass is 332 g/mol. The molecule has 9 heteroatoms. The van der Waals surface area contributed by atoms with Gasteiger partial charge in [0.05, 0.1) is 11.5 Å². The number of halogens is 2. The minimum Gasteiger partial charge on any atom is -0.352 e. The van der Waals surface area contributed by atoms with Crippen LogP contribution in [-0.2, 0) is 19.4 Å². The lowest BCUT2D eigenvalue weighted by atomic mass is 10.2. The van der Waals surface area contributed by atoms with Crippen LogP contribution < -0.4 is 10.6 Å². The first-order chi connectivity index (χ1) is 10.2. The molecule has 22 heavy (non-hydrogen) atoms. The normalized spacial score (nSPS) is 19.6. The van der Waals surface area contributed by atoms with Crippen molar-refractivity contribution in [1.82, 2.24) is 5.32 Å². The standard InChI is InChI=1S/C13H14F2N2O4S/c14-10-2-1-8(5-11(10)15)16-12(18)6-13(19)17-9-3-4-22(20,21)7-9/h1-2,5,9H,3-4,6-7H2,(H,16,18)(H,17,19). The summed E-state index contributed by atoms with van der Waals surface area (Å²) < 4.78 is 48.2. The Morgan fingerprint density at radius 2 is 1.91 bits per heavy atom. The first-order valence-electron chi connectivity index (χ1n) is 6.50. The molecular formula is C13H14F2N2O4S. The van der Waals surface area contributed by atoms with Crippen LogP contribution in [-0.4, -0.2) is 37.8 Å². The van der Waals surface area contributed by atoms with Gasteiger partial charge < -0.3 is 10.6 Å². The second-order valence-corrected chi connectivity index (χ2v) is 7.25. The maximum absolute atomic E-state index is 13.0. The molecule has 1 unspecified atom stereocenters. The summed E-state index contributed by atoms with van der Waals surface area (Å²) in [6.45, 7) is 0. The molecule has 1 fully saturated rings. The van der Waals surface area contributed by atoms with Gasteiger partial charge in [0.25, 0.3) is 0 Å². The molecule has 0 aliphatic carbocycles. The van der Waals surface area contributed by atoms with Crippen LogP contribution >= 0.6 is 0 Å². The first kappa shape index (κ1) is 16.3. The summed E-state index contributed by atoms with van der Waals surface area (Å²) in [5.41, 5.74) is 0.0279. The predicted octanol–water partition coefficient (Wildman–Crippen LogP) is 0.597. The van der Waals surface area contributed by atoms with E-state index in [0.29, 0.717) is 6.42 Å². The van der Waals surface area contributed by atoms with Crippen LogP contribution in [0.1, 0.15) is 12.8 Å². The zero-order valence-corrected chi connectivity index (χ0v) is 12.3. The summed E-state index contributed by atoms with van der Waals surface area (Å²) in [5, 5.41) is 4.72. The van der Waals surface area contributed by atoms with Crippen molar-refractivity contribution < 1.29 is 26.8 Å². The van der Waals surface area contributed by atoms with Crippen LogP contribution in [0.25, 0.3) is 0 Å². The molecule has 1 atom stereocenters. The van der Waals surface area contributed by atoms with Gasteiger partial charge in [-0.15, -0.1) is 0 Å². The van der Waals surface area contributed by atoms with E-state index in [1.54, 1.807) is 0 Å². The molecule has 1 aromatic carbocycles. The highest BCUT2D eigenvalue weighted by molar-refractivity contribution is 7.91. The topological polar surface area (TPSA) is 92.3 Å². The number of nitrogens with one attached hydrogen (secondary N) is 2. The minimum atomic E-state index is -3.12. The van der Waals surface area contributed by atoms with Gasteiger partial charge in [0.15, 0.2) is 21.5 Å². The van der Waals surface area contributed by atoms with E-state index >= 15 is 0 Å². The van der Waals surface area contributed by atoms with Crippen LogP contribution in [0.15, 0.2) is 18.2 Å². The third-order valence-electron chi connectivity index (χ3n) is 3.12. The lowest BCUT2D eigenvalue weighted by Gasteiger charge is -2.11. The Bertz CT molecular complexity index is 706. The second kappa shape index (κ2) is 6.39. The molecule has 1 aliphatic heterocycles. The molecule has 120 valence electrons. The molecule has 1 aromatic rings. The van der Waals surface area contributed by atoms with Gasteiger partial charge in [0, 0.05) is 17.8 Å². The summed E-state index contributed by atoms with van der Waals surface area (Å²) in [7, 11) is -3.12. The van der Waals surface area contributed by atoms with E-state index in [0.717, 1.165) is 18.2 Å². The van der Waals surface area contributed by atoms with Gasteiger partial charge in [-0.05, 0) is 18.6 Å². The van der Waals surface area contributed by atoms with Crippen molar-refractivity contribution >= 4 is 27.3 Å². The molecular weight excluding hydrogens is 318 g/mol. The van der Waals surface area contributed by atoms with Gasteiger partial charge in [-0.25, -0.2) is 17.2 Å². The van der Waals surface area contributed by atoms with E-state index < -0.39 is 45.7 Å². The molecule has 1 heterocycles. The molecule has 0 saturated carbocycles. The van der Waals surface area contributed by atoms with Gasteiger partial charge in [-0.1, -0.05) is 0 Å². The van der Waals surface area contributed by atoms with Crippen LogP contribution in [0, 0.1) is 11.6 Å². The maximum atomic E-state index is 13.0. The zero-order chi connectivity index (χ0) is 16.3. The minimum absolute atomic E-state index is 0.0129. The number of hydrogen-bond donors (Lipinski definition) is 2. The number of benzene rings is 1. The Kier molecular flexibility index (Phi) is 4.74. The maximum Gasteiger partial charge on any atom is 0.233 e. The number of sulfone groups is 1. The molecule has 2 N–H and O–H groups in total. The first-order valence-corrected chi connectivity index (χ1v) is 8.32. The quantitative estimate of drug-likeness (QED) is 0.790. The number of anilines is 1. The van der Waals surface area contributed by atoms with Crippen molar-refractivity contribution in [2.75, 3.05) is 16.8 Å². The summed E-state index contributed by atoms with van der Waals surface area (Å²) in [6.07, 6.45) is -0.214. The fourth-order valence-corrected chi connectivity index (χ4v) is 3.79. The zero-order valence-electron chi connectivity index (χ0n) is 11.4. The van der Waals surface area contributed by atoms with Gasteiger partial charge in [0.2, 0.25) is 11.8 Å². The highest BCUT2D eigenvalue weighted by Crippen LogP contribution is 2.14. The van der Waals surface area contributed by atoms with Crippen LogP contribution in [0.4, 0.5) is 14.5 Å². The average Bonchev–Trinajstić information content (AvgIpc) is 2.72. The number of hydrogen-bond acceptors (Lipinski definition) is 4. The Morgan fingerprint density at radius 1 is 1.18 bits per heavy atom. The summed E-state index contributed by atoms with van der Waals surface area (Å²) in [5.74, 6) is -3.61. The van der Waals surface area contributed by atoms with Gasteiger partial charge in [-0.3, -0.25) is 9.59 Å². The summed E-state index contributed by atoms with van der Waals surface area (Å²) in [6, 6.07) is 2.33. The third-order valence-corrected chi connectivity index (χ3v) is 4.89. The largest absolute Gasteiger partial charge is 0.352 e. The molecule has 0 radical (unpaired) electrons. The molecule has 1 aliphatic rings. The Hall–Kier alpha value is -2.03. The highest BCUT2D eigenvalue weighted by Gasteiger charge is 2.29. The Morgan fingerprint density at radius 3 is 2.50 bits per heavy atom. The molecule has 0 bridgehead atoms. The lowest BCUT2D eigenvalue weighted by molar-refractivity contribution is -0.127. The van der Waals surface area contributed by atoms with Crippen LogP contribution in [0.5, 0.6) is 0 Å². The van der Waals surface area contributed by atoms with Crippen LogP contribution in [0.2, 0.25) is 0 Å². The van der Waals surface area contributed by atoms with Crippen molar-refractivity contribution in [3.8, 4) is 0 Å². The van der Waals surface area contributed by atoms with Crippen molar-refractivity contribution in [2.24, 2.45) is 0 Å². The highest BCUT2D eigenvalue weighted by atomic mass is 32.2. The molecule has 0 aromatic heterocycles. The lowest BCUT2D eigenvalue weighted by Crippen LogP contribution is -2.37. The molecule has 6 nitrogen and oxygen atoms in total. The fraction of sp³-hybridized carbons (Fsp3) is 0.385. The number of amides is 2. The van der Waals surface area contributed by atoms with Gasteiger partial charge in [-0.2, -0.15) is 0 Å². The molecule has 1 saturated heterocycles. The van der Waals surface area contributed by atoms with E-state index in [2.05, 4.69) is 10.6 Å². The second-order valence-electron chi connectivity index (χ2n) is 5.02. The predicted molar refractivity (Wildman–Crippen MR) is 74.8 cm³/mol. The smallest absolute Gasteiger partial charge is 0.233 e. The number of carbonyl (C=O) groups excluding carboxylic acids is 2. The van der Waals surface area contributed by atoms with E-state index in [-0.39, 0.29) is 17.2 Å². The number of carbonyl (C=O) groups is 2. The SMILES string of the molecule is O=C(CC(=O)NC1CCS(=O)(=O)C1)Nc1ccc(F)c(F)c1. The fourth-order valence-electron chi connectivity index (χ4n) is 2.11. The van der Waals surface area contributed by atoms with E-state index in [9.17, 15) is 26.8 Å². The third kappa shape index (κ3) is 4.48. The van der Waals surface area contributed by atoms with Crippen molar-refractivity contribution in [1.29, 1.82) is 0 Å². The van der Waals surface area contributed by atoms with Crippen LogP contribution in [0.3, 0.4) is 0 Å². The molecule has 2 amide bonds. The Balaban J connectivity index is 1.84. The van der Waals surface area contributed by atoms with Crippen molar-refractivity contribution in [3.05, 3.63) is 29.8 Å². The van der Waals surface area contributed by atoms with Gasteiger partial charge in [0.1, 0.15) is 6.42 Å². The van der Waals surface area contributed by atoms with E-state index in [1.165, 1.54) is 0 Å². The number of rotatable bonds is 4. The van der Waals surface area contributed by atoms with Crippen molar-refractivity contribution in [2.45, 2.75) is 18.9 Å². The van der Waals surface area contributed by atoms with E-state index in [4.69, 9.17) is 0 Å². The summed E-state index contributed by atoms with van der Waals surface area (Å²) in [4.78, 5) is 23.2. The van der Waals surface area contributed by atoms with Gasteiger partial charge >= 0.3 is 0 Å². The van der Waals surface area contributed by atoms with Crippen molar-refractivity contribution in [3.63, 3.8) is 0 Å². The molecule has 2 rings (SSSR count). The molecule has 0 spiro atoms. The average molecular weight is 332 g/mol. The van der Waals surface area contributed by atoms with E-state index in [1.807, 2.05) is 0 Å². The Labute approximate surface area is 125 Å². The summed E-state index contributed by atoms with van der Waals surface area (Å²) >= 11 is 0.